The van der Waals surface area contributed by atoms with E-state index in [0.29, 0.717) is 37.5 Å². The van der Waals surface area contributed by atoms with Crippen LogP contribution in [-0.4, -0.2) is 35.5 Å². The molecule has 0 N–H and O–H groups in total. The van der Waals surface area contributed by atoms with Crippen molar-refractivity contribution in [3.63, 3.8) is 0 Å². The first-order valence-electron chi connectivity index (χ1n) is 9.42. The Hall–Kier alpha value is -1.19. The summed E-state index contributed by atoms with van der Waals surface area (Å²) in [6, 6.07) is 0. The Morgan fingerprint density at radius 3 is 2.08 bits per heavy atom. The van der Waals surface area contributed by atoms with Crippen molar-refractivity contribution >= 4 is 17.5 Å². The molecule has 0 bridgehead atoms. The van der Waals surface area contributed by atoms with Crippen molar-refractivity contribution in [2.45, 2.75) is 79.6 Å². The van der Waals surface area contributed by atoms with Crippen LogP contribution in [0.25, 0.3) is 0 Å². The SMILES string of the molecule is CC(C)CCC(=O)N1CCC(CC(=O)CCC(=O)C(C)(C)C)CC1. The summed E-state index contributed by atoms with van der Waals surface area (Å²) in [5.74, 6) is 1.53. The normalized spacial score (nSPS) is 16.5. The minimum Gasteiger partial charge on any atom is -0.343 e. The molecule has 0 aromatic rings. The molecule has 1 amide bonds. The Balaban J connectivity index is 2.27. The summed E-state index contributed by atoms with van der Waals surface area (Å²) in [5, 5.41) is 0. The second-order valence-corrected chi connectivity index (χ2v) is 8.67. The zero-order chi connectivity index (χ0) is 18.3. The lowest BCUT2D eigenvalue weighted by atomic mass is 9.86. The molecule has 0 aliphatic carbocycles. The van der Waals surface area contributed by atoms with Crippen LogP contribution in [0.3, 0.4) is 0 Å². The van der Waals surface area contributed by atoms with Crippen LogP contribution in [0, 0.1) is 17.3 Å². The Kier molecular flexibility index (Phi) is 8.11. The molecule has 4 nitrogen and oxygen atoms in total. The Labute approximate surface area is 147 Å². The highest BCUT2D eigenvalue weighted by Crippen LogP contribution is 2.24. The number of hydrogen-bond acceptors (Lipinski definition) is 3. The lowest BCUT2D eigenvalue weighted by Crippen LogP contribution is -2.38. The van der Waals surface area contributed by atoms with Crippen LogP contribution in [-0.2, 0) is 14.4 Å². The molecular formula is C20H35NO3. The number of nitrogens with zero attached hydrogens (tertiary/aromatic N) is 1. The van der Waals surface area contributed by atoms with Crippen LogP contribution in [0.2, 0.25) is 0 Å². The van der Waals surface area contributed by atoms with E-state index < -0.39 is 0 Å². The van der Waals surface area contributed by atoms with Crippen LogP contribution in [0.15, 0.2) is 0 Å². The Bertz CT molecular complexity index is 440. The second kappa shape index (κ2) is 9.33. The summed E-state index contributed by atoms with van der Waals surface area (Å²) < 4.78 is 0. The third kappa shape index (κ3) is 7.59. The number of carbonyl (C=O) groups is 3. The highest BCUT2D eigenvalue weighted by Gasteiger charge is 2.25. The molecule has 1 fully saturated rings. The zero-order valence-electron chi connectivity index (χ0n) is 16.2. The minimum atomic E-state index is -0.359. The van der Waals surface area contributed by atoms with Gasteiger partial charge in [-0.25, -0.2) is 0 Å². The molecule has 1 rings (SSSR count). The van der Waals surface area contributed by atoms with E-state index in [2.05, 4.69) is 13.8 Å². The van der Waals surface area contributed by atoms with E-state index in [4.69, 9.17) is 0 Å². The molecule has 0 unspecified atom stereocenters. The number of rotatable bonds is 8. The van der Waals surface area contributed by atoms with E-state index in [-0.39, 0.29) is 22.9 Å². The largest absolute Gasteiger partial charge is 0.343 e. The van der Waals surface area contributed by atoms with Gasteiger partial charge in [0.1, 0.15) is 11.6 Å². The monoisotopic (exact) mass is 337 g/mol. The van der Waals surface area contributed by atoms with Crippen LogP contribution >= 0.6 is 0 Å². The van der Waals surface area contributed by atoms with Gasteiger partial charge in [0, 0.05) is 44.2 Å². The van der Waals surface area contributed by atoms with Crippen LogP contribution in [0.4, 0.5) is 0 Å². The molecule has 24 heavy (non-hydrogen) atoms. The van der Waals surface area contributed by atoms with E-state index in [0.717, 1.165) is 32.4 Å². The predicted octanol–water partition coefficient (Wildman–Crippen LogP) is 4.02. The number of ketones is 2. The summed E-state index contributed by atoms with van der Waals surface area (Å²) in [4.78, 5) is 38.1. The number of carbonyl (C=O) groups excluding carboxylic acids is 3. The molecule has 1 saturated heterocycles. The molecule has 4 heteroatoms. The molecule has 0 atom stereocenters. The first kappa shape index (κ1) is 20.9. The van der Waals surface area contributed by atoms with Gasteiger partial charge in [-0.05, 0) is 31.1 Å². The van der Waals surface area contributed by atoms with E-state index in [1.54, 1.807) is 0 Å². The Morgan fingerprint density at radius 1 is 1.00 bits per heavy atom. The second-order valence-electron chi connectivity index (χ2n) is 8.67. The minimum absolute atomic E-state index is 0.154. The number of amides is 1. The number of hydrogen-bond donors (Lipinski definition) is 0. The van der Waals surface area contributed by atoms with Crippen LogP contribution in [0.1, 0.15) is 79.6 Å². The molecule has 0 radical (unpaired) electrons. The van der Waals surface area contributed by atoms with Gasteiger partial charge < -0.3 is 4.90 Å². The van der Waals surface area contributed by atoms with Gasteiger partial charge in [0.2, 0.25) is 5.91 Å². The molecule has 138 valence electrons. The maximum atomic E-state index is 12.1. The third-order valence-corrected chi connectivity index (χ3v) is 4.89. The molecule has 0 aromatic carbocycles. The summed E-state index contributed by atoms with van der Waals surface area (Å²) in [7, 11) is 0. The van der Waals surface area contributed by atoms with Crippen molar-refractivity contribution in [2.75, 3.05) is 13.1 Å². The molecule has 0 saturated carbocycles. The highest BCUT2D eigenvalue weighted by atomic mass is 16.2. The van der Waals surface area contributed by atoms with Gasteiger partial charge >= 0.3 is 0 Å². The average molecular weight is 338 g/mol. The van der Waals surface area contributed by atoms with Gasteiger partial charge in [-0.2, -0.15) is 0 Å². The van der Waals surface area contributed by atoms with Gasteiger partial charge in [0.25, 0.3) is 0 Å². The fraction of sp³-hybridized carbons (Fsp3) is 0.850. The van der Waals surface area contributed by atoms with Gasteiger partial charge in [-0.15, -0.1) is 0 Å². The molecule has 0 spiro atoms. The van der Waals surface area contributed by atoms with Crippen molar-refractivity contribution in [1.82, 2.24) is 4.90 Å². The zero-order valence-corrected chi connectivity index (χ0v) is 16.2. The summed E-state index contributed by atoms with van der Waals surface area (Å²) in [6.45, 7) is 11.5. The van der Waals surface area contributed by atoms with E-state index in [1.807, 2.05) is 25.7 Å². The lowest BCUT2D eigenvalue weighted by molar-refractivity contribution is -0.133. The molecule has 0 aromatic heterocycles. The first-order valence-corrected chi connectivity index (χ1v) is 9.42. The van der Waals surface area contributed by atoms with E-state index >= 15 is 0 Å². The van der Waals surface area contributed by atoms with Crippen molar-refractivity contribution in [3.8, 4) is 0 Å². The van der Waals surface area contributed by atoms with Crippen molar-refractivity contribution in [2.24, 2.45) is 17.3 Å². The first-order chi connectivity index (χ1) is 11.1. The average Bonchev–Trinajstić information content (AvgIpc) is 2.50. The van der Waals surface area contributed by atoms with Gasteiger partial charge in [-0.1, -0.05) is 34.6 Å². The molecule has 1 aliphatic heterocycles. The van der Waals surface area contributed by atoms with Gasteiger partial charge in [0.05, 0.1) is 0 Å². The standard InChI is InChI=1S/C20H35NO3/c1-15(2)6-9-19(24)21-12-10-16(11-13-21)14-17(22)7-8-18(23)20(3,4)5/h15-16H,6-14H2,1-5H3. The topological polar surface area (TPSA) is 54.5 Å². The smallest absolute Gasteiger partial charge is 0.222 e. The van der Waals surface area contributed by atoms with Crippen LogP contribution < -0.4 is 0 Å². The molecule has 1 aliphatic rings. The van der Waals surface area contributed by atoms with Crippen molar-refractivity contribution in [3.05, 3.63) is 0 Å². The van der Waals surface area contributed by atoms with E-state index in [9.17, 15) is 14.4 Å². The summed E-state index contributed by atoms with van der Waals surface area (Å²) in [6.07, 6.45) is 4.68. The molecular weight excluding hydrogens is 302 g/mol. The van der Waals surface area contributed by atoms with E-state index in [1.165, 1.54) is 0 Å². The highest BCUT2D eigenvalue weighted by molar-refractivity contribution is 5.88. The van der Waals surface area contributed by atoms with Crippen molar-refractivity contribution in [1.29, 1.82) is 0 Å². The molecule has 1 heterocycles. The van der Waals surface area contributed by atoms with Gasteiger partial charge in [0.15, 0.2) is 0 Å². The predicted molar refractivity (Wildman–Crippen MR) is 96.7 cm³/mol. The fourth-order valence-corrected chi connectivity index (χ4v) is 3.01. The summed E-state index contributed by atoms with van der Waals surface area (Å²) >= 11 is 0. The maximum absolute atomic E-state index is 12.1. The fourth-order valence-electron chi connectivity index (χ4n) is 3.01. The lowest BCUT2D eigenvalue weighted by Gasteiger charge is -2.32. The number of likely N-dealkylation sites (tertiary alicyclic amines) is 1. The Morgan fingerprint density at radius 2 is 1.58 bits per heavy atom. The van der Waals surface area contributed by atoms with Crippen molar-refractivity contribution < 1.29 is 14.4 Å². The quantitative estimate of drug-likeness (QED) is 0.672. The number of piperidine rings is 1. The maximum Gasteiger partial charge on any atom is 0.222 e. The third-order valence-electron chi connectivity index (χ3n) is 4.89. The summed E-state index contributed by atoms with van der Waals surface area (Å²) in [5.41, 5.74) is -0.359. The van der Waals surface area contributed by atoms with Gasteiger partial charge in [-0.3, -0.25) is 14.4 Å². The van der Waals surface area contributed by atoms with Crippen LogP contribution in [0.5, 0.6) is 0 Å². The number of Topliss-reactive ketones (excluding diaryl/α,β-unsaturated/α-hetero) is 2.